The Kier molecular flexibility index (Phi) is 7.61. The van der Waals surface area contributed by atoms with Crippen LogP contribution in [-0.2, 0) is 4.79 Å². The van der Waals surface area contributed by atoms with Crippen molar-refractivity contribution in [3.05, 3.63) is 59.6 Å². The molecule has 0 saturated carbocycles. The number of benzene rings is 2. The SMILES string of the molecule is CCC(Oc1cccc(Cl)c1)C(=O)NCCCN(C)c1ccccc1. The number of nitrogens with zero attached hydrogens (tertiary/aromatic N) is 1. The summed E-state index contributed by atoms with van der Waals surface area (Å²) < 4.78 is 5.75. The van der Waals surface area contributed by atoms with Gasteiger partial charge >= 0.3 is 0 Å². The second-order valence-electron chi connectivity index (χ2n) is 5.87. The zero-order chi connectivity index (χ0) is 18.1. The lowest BCUT2D eigenvalue weighted by molar-refractivity contribution is -0.128. The van der Waals surface area contributed by atoms with Crippen molar-refractivity contribution in [2.24, 2.45) is 0 Å². The van der Waals surface area contributed by atoms with E-state index in [2.05, 4.69) is 22.3 Å². The first-order chi connectivity index (χ1) is 12.1. The number of hydrogen-bond donors (Lipinski definition) is 1. The van der Waals surface area contributed by atoms with E-state index in [4.69, 9.17) is 16.3 Å². The molecule has 0 spiro atoms. The molecule has 1 amide bonds. The van der Waals surface area contributed by atoms with Crippen LogP contribution in [0.1, 0.15) is 19.8 Å². The molecule has 0 aliphatic carbocycles. The number of para-hydroxylation sites is 1. The molecule has 4 nitrogen and oxygen atoms in total. The summed E-state index contributed by atoms with van der Waals surface area (Å²) in [7, 11) is 2.05. The van der Waals surface area contributed by atoms with E-state index in [9.17, 15) is 4.79 Å². The number of anilines is 1. The van der Waals surface area contributed by atoms with Gasteiger partial charge in [0.25, 0.3) is 5.91 Å². The van der Waals surface area contributed by atoms with Crippen LogP contribution in [-0.4, -0.2) is 32.1 Å². The van der Waals surface area contributed by atoms with Gasteiger partial charge < -0.3 is 15.0 Å². The van der Waals surface area contributed by atoms with Gasteiger partial charge in [0.2, 0.25) is 0 Å². The van der Waals surface area contributed by atoms with E-state index in [-0.39, 0.29) is 5.91 Å². The maximum absolute atomic E-state index is 12.3. The van der Waals surface area contributed by atoms with Crippen molar-refractivity contribution in [1.29, 1.82) is 0 Å². The van der Waals surface area contributed by atoms with Crippen molar-refractivity contribution in [3.63, 3.8) is 0 Å². The number of carbonyl (C=O) groups excluding carboxylic acids is 1. The van der Waals surface area contributed by atoms with Crippen molar-refractivity contribution in [1.82, 2.24) is 5.32 Å². The maximum atomic E-state index is 12.3. The second-order valence-corrected chi connectivity index (χ2v) is 6.31. The van der Waals surface area contributed by atoms with Crippen molar-refractivity contribution in [2.45, 2.75) is 25.9 Å². The number of amides is 1. The van der Waals surface area contributed by atoms with E-state index in [1.165, 1.54) is 5.69 Å². The van der Waals surface area contributed by atoms with Crippen LogP contribution in [0.25, 0.3) is 0 Å². The van der Waals surface area contributed by atoms with Gasteiger partial charge in [-0.2, -0.15) is 0 Å². The summed E-state index contributed by atoms with van der Waals surface area (Å²) in [5.74, 6) is 0.517. The second kappa shape index (κ2) is 9.94. The number of ether oxygens (including phenoxy) is 1. The molecule has 2 aromatic rings. The van der Waals surface area contributed by atoms with E-state index in [0.29, 0.717) is 23.7 Å². The molecule has 0 aliphatic heterocycles. The molecule has 1 N–H and O–H groups in total. The molecule has 5 heteroatoms. The monoisotopic (exact) mass is 360 g/mol. The Morgan fingerprint density at radius 2 is 1.96 bits per heavy atom. The fourth-order valence-corrected chi connectivity index (χ4v) is 2.66. The summed E-state index contributed by atoms with van der Waals surface area (Å²) in [5.41, 5.74) is 1.17. The Hall–Kier alpha value is -2.20. The van der Waals surface area contributed by atoms with Gasteiger partial charge in [-0.25, -0.2) is 0 Å². The van der Waals surface area contributed by atoms with E-state index in [1.807, 2.05) is 38.2 Å². The topological polar surface area (TPSA) is 41.6 Å². The van der Waals surface area contributed by atoms with Crippen LogP contribution in [0, 0.1) is 0 Å². The molecule has 25 heavy (non-hydrogen) atoms. The molecule has 0 bridgehead atoms. The minimum atomic E-state index is -0.509. The quantitative estimate of drug-likeness (QED) is 0.683. The molecule has 1 atom stereocenters. The summed E-state index contributed by atoms with van der Waals surface area (Å²) in [4.78, 5) is 14.5. The molecule has 2 rings (SSSR count). The molecule has 2 aromatic carbocycles. The lowest BCUT2D eigenvalue weighted by Gasteiger charge is -2.20. The lowest BCUT2D eigenvalue weighted by atomic mass is 10.2. The molecule has 134 valence electrons. The number of halogens is 1. The highest BCUT2D eigenvalue weighted by Gasteiger charge is 2.17. The van der Waals surface area contributed by atoms with Crippen molar-refractivity contribution < 1.29 is 9.53 Å². The smallest absolute Gasteiger partial charge is 0.261 e. The Balaban J connectivity index is 1.74. The molecule has 0 aromatic heterocycles. The van der Waals surface area contributed by atoms with E-state index in [0.717, 1.165) is 13.0 Å². The third-order valence-electron chi connectivity index (χ3n) is 3.90. The van der Waals surface area contributed by atoms with Crippen molar-refractivity contribution in [2.75, 3.05) is 25.0 Å². The van der Waals surface area contributed by atoms with Gasteiger partial charge in [-0.1, -0.05) is 42.8 Å². The van der Waals surface area contributed by atoms with Gasteiger partial charge in [0.1, 0.15) is 5.75 Å². The number of carbonyl (C=O) groups is 1. The minimum absolute atomic E-state index is 0.0927. The van der Waals surface area contributed by atoms with Gasteiger partial charge in [-0.3, -0.25) is 4.79 Å². The van der Waals surface area contributed by atoms with Crippen LogP contribution >= 0.6 is 11.6 Å². The first kappa shape index (κ1) is 19.1. The average molecular weight is 361 g/mol. The first-order valence-corrected chi connectivity index (χ1v) is 8.94. The van der Waals surface area contributed by atoms with Crippen LogP contribution in [0.3, 0.4) is 0 Å². The lowest BCUT2D eigenvalue weighted by Crippen LogP contribution is -2.39. The normalized spacial score (nSPS) is 11.6. The van der Waals surface area contributed by atoms with E-state index in [1.54, 1.807) is 18.2 Å². The van der Waals surface area contributed by atoms with Crippen LogP contribution in [0.2, 0.25) is 5.02 Å². The van der Waals surface area contributed by atoms with E-state index >= 15 is 0 Å². The summed E-state index contributed by atoms with van der Waals surface area (Å²) in [6.45, 7) is 3.42. The van der Waals surface area contributed by atoms with Crippen molar-refractivity contribution >= 4 is 23.2 Å². The molecular formula is C20H25ClN2O2. The van der Waals surface area contributed by atoms with Gasteiger partial charge in [0.15, 0.2) is 6.10 Å². The summed E-state index contributed by atoms with van der Waals surface area (Å²) in [6.07, 6.45) is 0.956. The van der Waals surface area contributed by atoms with Crippen LogP contribution in [0.15, 0.2) is 54.6 Å². The molecule has 0 aliphatic rings. The zero-order valence-corrected chi connectivity index (χ0v) is 15.5. The summed E-state index contributed by atoms with van der Waals surface area (Å²) in [5, 5.41) is 3.55. The average Bonchev–Trinajstić information content (AvgIpc) is 2.63. The fourth-order valence-electron chi connectivity index (χ4n) is 2.48. The highest BCUT2D eigenvalue weighted by molar-refractivity contribution is 6.30. The standard InChI is InChI=1S/C20H25ClN2O2/c1-3-19(25-18-12-7-9-16(21)15-18)20(24)22-13-8-14-23(2)17-10-5-4-6-11-17/h4-7,9-12,15,19H,3,8,13-14H2,1-2H3,(H,22,24). The van der Waals surface area contributed by atoms with Crippen LogP contribution in [0.5, 0.6) is 5.75 Å². The number of nitrogens with one attached hydrogen (secondary N) is 1. The maximum Gasteiger partial charge on any atom is 0.261 e. The largest absolute Gasteiger partial charge is 0.481 e. The summed E-state index contributed by atoms with van der Waals surface area (Å²) >= 11 is 5.95. The first-order valence-electron chi connectivity index (χ1n) is 8.56. The highest BCUT2D eigenvalue weighted by atomic mass is 35.5. The molecular weight excluding hydrogens is 336 g/mol. The van der Waals surface area contributed by atoms with Crippen LogP contribution in [0.4, 0.5) is 5.69 Å². The van der Waals surface area contributed by atoms with Gasteiger partial charge in [0, 0.05) is 30.8 Å². The third kappa shape index (κ3) is 6.31. The zero-order valence-electron chi connectivity index (χ0n) is 14.7. The fraction of sp³-hybridized carbons (Fsp3) is 0.350. The van der Waals surface area contributed by atoms with Crippen LogP contribution < -0.4 is 15.0 Å². The Bertz CT molecular complexity index is 664. The van der Waals surface area contributed by atoms with Gasteiger partial charge in [0.05, 0.1) is 0 Å². The molecule has 0 radical (unpaired) electrons. The molecule has 0 saturated heterocycles. The summed E-state index contributed by atoms with van der Waals surface area (Å²) in [6, 6.07) is 17.3. The predicted octanol–water partition coefficient (Wildman–Crippen LogP) is 4.14. The number of rotatable bonds is 9. The minimum Gasteiger partial charge on any atom is -0.481 e. The Morgan fingerprint density at radius 3 is 2.64 bits per heavy atom. The molecule has 0 heterocycles. The third-order valence-corrected chi connectivity index (χ3v) is 4.14. The Morgan fingerprint density at radius 1 is 1.20 bits per heavy atom. The predicted molar refractivity (Wildman–Crippen MR) is 103 cm³/mol. The van der Waals surface area contributed by atoms with Gasteiger partial charge in [-0.15, -0.1) is 0 Å². The Labute approximate surface area is 154 Å². The molecule has 1 unspecified atom stereocenters. The number of hydrogen-bond acceptors (Lipinski definition) is 3. The highest BCUT2D eigenvalue weighted by Crippen LogP contribution is 2.19. The van der Waals surface area contributed by atoms with E-state index < -0.39 is 6.10 Å². The molecule has 0 fully saturated rings. The van der Waals surface area contributed by atoms with Crippen molar-refractivity contribution in [3.8, 4) is 5.75 Å². The van der Waals surface area contributed by atoms with Gasteiger partial charge in [-0.05, 0) is 43.2 Å².